The summed E-state index contributed by atoms with van der Waals surface area (Å²) in [5, 5.41) is 0. The van der Waals surface area contributed by atoms with Gasteiger partial charge in [-0.1, -0.05) is 30.3 Å². The maximum absolute atomic E-state index is 12.3. The lowest BCUT2D eigenvalue weighted by molar-refractivity contribution is 0.0757. The van der Waals surface area contributed by atoms with Crippen molar-refractivity contribution in [2.45, 2.75) is 18.9 Å². The number of hydrogen-bond donors (Lipinski definition) is 1. The van der Waals surface area contributed by atoms with E-state index in [-0.39, 0.29) is 5.91 Å². The summed E-state index contributed by atoms with van der Waals surface area (Å²) in [4.78, 5) is 14.2. The molecule has 2 N–H and O–H groups in total. The highest BCUT2D eigenvalue weighted by atomic mass is 16.4. The summed E-state index contributed by atoms with van der Waals surface area (Å²) < 4.78 is 5.43. The van der Waals surface area contributed by atoms with Gasteiger partial charge in [-0.3, -0.25) is 4.79 Å². The van der Waals surface area contributed by atoms with Gasteiger partial charge < -0.3 is 15.1 Å². The van der Waals surface area contributed by atoms with Crippen LogP contribution in [0.1, 0.15) is 34.2 Å². The van der Waals surface area contributed by atoms with E-state index in [1.54, 1.807) is 12.1 Å². The van der Waals surface area contributed by atoms with Crippen LogP contribution in [0, 0.1) is 0 Å². The average Bonchev–Trinajstić information content (AvgIpc) is 3.17. The molecule has 1 unspecified atom stereocenters. The molecule has 2 heterocycles. The van der Waals surface area contributed by atoms with Crippen LogP contribution in [-0.4, -0.2) is 23.9 Å². The van der Waals surface area contributed by atoms with Crippen LogP contribution in [0.25, 0.3) is 0 Å². The number of furan rings is 1. The largest absolute Gasteiger partial charge is 0.455 e. The van der Waals surface area contributed by atoms with Gasteiger partial charge in [0.2, 0.25) is 0 Å². The molecule has 4 nitrogen and oxygen atoms in total. The number of carbonyl (C=O) groups is 1. The van der Waals surface area contributed by atoms with Gasteiger partial charge in [0.1, 0.15) is 5.76 Å². The number of nitrogens with two attached hydrogens (primary N) is 1. The van der Waals surface area contributed by atoms with Gasteiger partial charge in [-0.05, 0) is 24.1 Å². The van der Waals surface area contributed by atoms with E-state index in [0.29, 0.717) is 24.0 Å². The minimum atomic E-state index is -0.0388. The fourth-order valence-corrected chi connectivity index (χ4v) is 2.70. The van der Waals surface area contributed by atoms with Gasteiger partial charge in [-0.15, -0.1) is 0 Å². The zero-order valence-corrected chi connectivity index (χ0v) is 11.3. The summed E-state index contributed by atoms with van der Waals surface area (Å²) in [5.74, 6) is 1.42. The Labute approximate surface area is 118 Å². The summed E-state index contributed by atoms with van der Waals surface area (Å²) in [5.41, 5.74) is 6.79. The van der Waals surface area contributed by atoms with Crippen molar-refractivity contribution >= 4 is 5.91 Å². The van der Waals surface area contributed by atoms with Crippen LogP contribution in [-0.2, 0) is 6.54 Å². The van der Waals surface area contributed by atoms with Crippen LogP contribution in [0.15, 0.2) is 46.9 Å². The van der Waals surface area contributed by atoms with Crippen molar-refractivity contribution in [3.63, 3.8) is 0 Å². The number of nitrogens with zero attached hydrogens (tertiary/aromatic N) is 1. The van der Waals surface area contributed by atoms with E-state index in [9.17, 15) is 4.79 Å². The minimum absolute atomic E-state index is 0.0388. The third kappa shape index (κ3) is 2.47. The molecular weight excluding hydrogens is 252 g/mol. The third-order valence-corrected chi connectivity index (χ3v) is 3.82. The lowest BCUT2D eigenvalue weighted by Gasteiger charge is -2.15. The summed E-state index contributed by atoms with van der Waals surface area (Å²) in [6.45, 7) is 1.85. The molecule has 0 aliphatic carbocycles. The molecule has 0 saturated carbocycles. The van der Waals surface area contributed by atoms with E-state index in [4.69, 9.17) is 10.2 Å². The van der Waals surface area contributed by atoms with Crippen LogP contribution in [0.5, 0.6) is 0 Å². The Balaban J connectivity index is 1.69. The van der Waals surface area contributed by atoms with Crippen LogP contribution < -0.4 is 5.73 Å². The molecule has 2 aromatic rings. The standard InChI is InChI=1S/C16H18N2O2/c17-10-14-6-7-15(20-14)16(19)18-9-8-13(11-18)12-4-2-1-3-5-12/h1-7,13H,8-11,17H2. The first-order valence-electron chi connectivity index (χ1n) is 6.91. The summed E-state index contributed by atoms with van der Waals surface area (Å²) in [6, 6.07) is 13.8. The number of likely N-dealkylation sites (tertiary alicyclic amines) is 1. The zero-order valence-electron chi connectivity index (χ0n) is 11.3. The molecule has 4 heteroatoms. The van der Waals surface area contributed by atoms with E-state index in [1.165, 1.54) is 5.56 Å². The van der Waals surface area contributed by atoms with Crippen molar-refractivity contribution in [1.82, 2.24) is 4.90 Å². The van der Waals surface area contributed by atoms with Crippen molar-refractivity contribution in [1.29, 1.82) is 0 Å². The normalized spacial score (nSPS) is 18.4. The average molecular weight is 270 g/mol. The Kier molecular flexibility index (Phi) is 3.56. The Hall–Kier alpha value is -2.07. The molecule has 1 aromatic heterocycles. The first-order valence-corrected chi connectivity index (χ1v) is 6.91. The first kappa shape index (κ1) is 12.9. The van der Waals surface area contributed by atoms with E-state index in [1.807, 2.05) is 23.1 Å². The lowest BCUT2D eigenvalue weighted by atomic mass is 9.99. The first-order chi connectivity index (χ1) is 9.78. The fourth-order valence-electron chi connectivity index (χ4n) is 2.70. The van der Waals surface area contributed by atoms with Crippen molar-refractivity contribution < 1.29 is 9.21 Å². The molecule has 0 radical (unpaired) electrons. The highest BCUT2D eigenvalue weighted by Crippen LogP contribution is 2.28. The smallest absolute Gasteiger partial charge is 0.289 e. The monoisotopic (exact) mass is 270 g/mol. The SMILES string of the molecule is NCc1ccc(C(=O)N2CCC(c3ccccc3)C2)o1. The summed E-state index contributed by atoms with van der Waals surface area (Å²) in [6.07, 6.45) is 1.00. The molecule has 20 heavy (non-hydrogen) atoms. The zero-order chi connectivity index (χ0) is 13.9. The number of hydrogen-bond acceptors (Lipinski definition) is 3. The molecule has 104 valence electrons. The van der Waals surface area contributed by atoms with Crippen molar-refractivity contribution in [2.24, 2.45) is 5.73 Å². The predicted molar refractivity (Wildman–Crippen MR) is 76.3 cm³/mol. The minimum Gasteiger partial charge on any atom is -0.455 e. The molecular formula is C16H18N2O2. The Bertz CT molecular complexity index is 592. The highest BCUT2D eigenvalue weighted by molar-refractivity contribution is 5.91. The second-order valence-corrected chi connectivity index (χ2v) is 5.12. The summed E-state index contributed by atoms with van der Waals surface area (Å²) in [7, 11) is 0. The van der Waals surface area contributed by atoms with Crippen LogP contribution in [0.3, 0.4) is 0 Å². The maximum Gasteiger partial charge on any atom is 0.289 e. The molecule has 1 amide bonds. The van der Waals surface area contributed by atoms with Gasteiger partial charge in [-0.25, -0.2) is 0 Å². The molecule has 1 fully saturated rings. The molecule has 1 aliphatic heterocycles. The van der Waals surface area contributed by atoms with Gasteiger partial charge in [0, 0.05) is 19.0 Å². The molecule has 0 bridgehead atoms. The maximum atomic E-state index is 12.3. The molecule has 1 saturated heterocycles. The van der Waals surface area contributed by atoms with Crippen molar-refractivity contribution in [3.05, 3.63) is 59.5 Å². The van der Waals surface area contributed by atoms with E-state index in [2.05, 4.69) is 12.1 Å². The number of rotatable bonds is 3. The number of amides is 1. The second-order valence-electron chi connectivity index (χ2n) is 5.12. The molecule has 3 rings (SSSR count). The second kappa shape index (κ2) is 5.51. The lowest BCUT2D eigenvalue weighted by Crippen LogP contribution is -2.28. The van der Waals surface area contributed by atoms with Crippen molar-refractivity contribution in [3.8, 4) is 0 Å². The van der Waals surface area contributed by atoms with Crippen LogP contribution >= 0.6 is 0 Å². The highest BCUT2D eigenvalue weighted by Gasteiger charge is 2.29. The van der Waals surface area contributed by atoms with Gasteiger partial charge in [0.25, 0.3) is 5.91 Å². The van der Waals surface area contributed by atoms with E-state index >= 15 is 0 Å². The Morgan fingerprint density at radius 3 is 2.75 bits per heavy atom. The van der Waals surface area contributed by atoms with Crippen LogP contribution in [0.4, 0.5) is 0 Å². The van der Waals surface area contributed by atoms with Crippen molar-refractivity contribution in [2.75, 3.05) is 13.1 Å². The van der Waals surface area contributed by atoms with E-state index < -0.39 is 0 Å². The number of carbonyl (C=O) groups excluding carboxylic acids is 1. The van der Waals surface area contributed by atoms with Crippen LogP contribution in [0.2, 0.25) is 0 Å². The quantitative estimate of drug-likeness (QED) is 0.931. The number of benzene rings is 1. The Morgan fingerprint density at radius 1 is 1.25 bits per heavy atom. The molecule has 1 aliphatic rings. The summed E-state index contributed by atoms with van der Waals surface area (Å²) >= 11 is 0. The predicted octanol–water partition coefficient (Wildman–Crippen LogP) is 2.37. The molecule has 1 atom stereocenters. The molecule has 1 aromatic carbocycles. The van der Waals surface area contributed by atoms with Gasteiger partial charge in [-0.2, -0.15) is 0 Å². The Morgan fingerprint density at radius 2 is 2.05 bits per heavy atom. The third-order valence-electron chi connectivity index (χ3n) is 3.82. The van der Waals surface area contributed by atoms with E-state index in [0.717, 1.165) is 19.5 Å². The molecule has 0 spiro atoms. The topological polar surface area (TPSA) is 59.5 Å². The fraction of sp³-hybridized carbons (Fsp3) is 0.312. The van der Waals surface area contributed by atoms with Gasteiger partial charge in [0.15, 0.2) is 5.76 Å². The van der Waals surface area contributed by atoms with Gasteiger partial charge >= 0.3 is 0 Å². The van der Waals surface area contributed by atoms with Gasteiger partial charge in [0.05, 0.1) is 6.54 Å².